The van der Waals surface area contributed by atoms with Gasteiger partial charge in [-0.3, -0.25) is 4.99 Å². The highest BCUT2D eigenvalue weighted by Gasteiger charge is 2.03. The van der Waals surface area contributed by atoms with Crippen LogP contribution in [0, 0.1) is 0 Å². The van der Waals surface area contributed by atoms with E-state index in [2.05, 4.69) is 29.6 Å². The molecule has 0 unspecified atom stereocenters. The first-order valence-corrected chi connectivity index (χ1v) is 7.38. The van der Waals surface area contributed by atoms with Crippen molar-refractivity contribution in [2.45, 2.75) is 6.54 Å². The predicted octanol–water partition coefficient (Wildman–Crippen LogP) is 4.75. The fourth-order valence-electron chi connectivity index (χ4n) is 2.21. The molecule has 1 N–H and O–H groups in total. The number of amidine groups is 1. The molecule has 0 spiro atoms. The molecule has 3 aromatic carbocycles. The van der Waals surface area contributed by atoms with Crippen LogP contribution in [0.1, 0.15) is 11.1 Å². The summed E-state index contributed by atoms with van der Waals surface area (Å²) in [6.45, 7) is 0.658. The lowest BCUT2D eigenvalue weighted by molar-refractivity contribution is 1.07. The van der Waals surface area contributed by atoms with Gasteiger partial charge in [0, 0.05) is 11.3 Å². The van der Waals surface area contributed by atoms with Gasteiger partial charge in [0.1, 0.15) is 5.84 Å². The number of rotatable bonds is 4. The summed E-state index contributed by atoms with van der Waals surface area (Å²) in [5.74, 6) is 0.885. The van der Waals surface area contributed by atoms with Gasteiger partial charge in [0.15, 0.2) is 0 Å². The Hall–Kier alpha value is -2.87. The fourth-order valence-corrected chi connectivity index (χ4v) is 2.21. The van der Waals surface area contributed by atoms with Crippen molar-refractivity contribution in [3.63, 3.8) is 0 Å². The zero-order chi connectivity index (χ0) is 15.0. The lowest BCUT2D eigenvalue weighted by Gasteiger charge is -2.10. The third kappa shape index (κ3) is 3.83. The molecule has 2 nitrogen and oxygen atoms in total. The smallest absolute Gasteiger partial charge is 0.133 e. The van der Waals surface area contributed by atoms with E-state index in [0.29, 0.717) is 6.54 Å². The molecule has 0 saturated carbocycles. The van der Waals surface area contributed by atoms with E-state index in [1.807, 2.05) is 66.7 Å². The molecular formula is C20H18N2. The Morgan fingerprint density at radius 1 is 0.682 bits per heavy atom. The van der Waals surface area contributed by atoms with Crippen LogP contribution < -0.4 is 5.32 Å². The van der Waals surface area contributed by atoms with Crippen molar-refractivity contribution in [1.82, 2.24) is 0 Å². The van der Waals surface area contributed by atoms with Crippen LogP contribution in [0.25, 0.3) is 0 Å². The minimum Gasteiger partial charge on any atom is -0.340 e. The minimum absolute atomic E-state index is 0.658. The molecule has 0 aliphatic heterocycles. The molecule has 0 aliphatic rings. The maximum absolute atomic E-state index is 4.77. The first-order chi connectivity index (χ1) is 10.9. The monoisotopic (exact) mass is 286 g/mol. The van der Waals surface area contributed by atoms with Crippen molar-refractivity contribution >= 4 is 11.5 Å². The van der Waals surface area contributed by atoms with Gasteiger partial charge in [-0.2, -0.15) is 0 Å². The second kappa shape index (κ2) is 7.23. The van der Waals surface area contributed by atoms with E-state index in [1.54, 1.807) is 0 Å². The SMILES string of the molecule is c1ccc(CN=C(Nc2ccccc2)c2ccccc2)cc1. The molecule has 0 radical (unpaired) electrons. The van der Waals surface area contributed by atoms with Crippen LogP contribution in [0.3, 0.4) is 0 Å². The van der Waals surface area contributed by atoms with Crippen molar-refractivity contribution in [3.8, 4) is 0 Å². The van der Waals surface area contributed by atoms with Gasteiger partial charge in [0.2, 0.25) is 0 Å². The van der Waals surface area contributed by atoms with Crippen LogP contribution in [0.4, 0.5) is 5.69 Å². The van der Waals surface area contributed by atoms with Gasteiger partial charge in [-0.25, -0.2) is 0 Å². The summed E-state index contributed by atoms with van der Waals surface area (Å²) in [6, 6.07) is 30.6. The normalized spacial score (nSPS) is 11.2. The number of benzene rings is 3. The lowest BCUT2D eigenvalue weighted by Crippen LogP contribution is -2.14. The molecule has 22 heavy (non-hydrogen) atoms. The van der Waals surface area contributed by atoms with Crippen LogP contribution in [0.5, 0.6) is 0 Å². The highest BCUT2D eigenvalue weighted by molar-refractivity contribution is 6.08. The van der Waals surface area contributed by atoms with Gasteiger partial charge in [-0.05, 0) is 17.7 Å². The highest BCUT2D eigenvalue weighted by atomic mass is 15.0. The maximum atomic E-state index is 4.77. The lowest BCUT2D eigenvalue weighted by atomic mass is 10.2. The van der Waals surface area contributed by atoms with E-state index >= 15 is 0 Å². The summed E-state index contributed by atoms with van der Waals surface area (Å²) < 4.78 is 0. The maximum Gasteiger partial charge on any atom is 0.133 e. The van der Waals surface area contributed by atoms with Gasteiger partial charge in [-0.15, -0.1) is 0 Å². The van der Waals surface area contributed by atoms with Gasteiger partial charge in [0.25, 0.3) is 0 Å². The van der Waals surface area contributed by atoms with Crippen LogP contribution in [0.2, 0.25) is 0 Å². The summed E-state index contributed by atoms with van der Waals surface area (Å²) in [5.41, 5.74) is 3.33. The molecule has 0 aromatic heterocycles. The molecule has 0 aliphatic carbocycles. The Morgan fingerprint density at radius 2 is 1.23 bits per heavy atom. The molecule has 2 heteroatoms. The molecule has 0 amide bonds. The average molecular weight is 286 g/mol. The Balaban J connectivity index is 1.86. The molecule has 108 valence electrons. The van der Waals surface area contributed by atoms with Crippen LogP contribution in [0.15, 0.2) is 96.0 Å². The molecule has 0 fully saturated rings. The summed E-state index contributed by atoms with van der Waals surface area (Å²) >= 11 is 0. The molecule has 3 aromatic rings. The van der Waals surface area contributed by atoms with Crippen molar-refractivity contribution in [2.75, 3.05) is 5.32 Å². The average Bonchev–Trinajstić information content (AvgIpc) is 2.61. The minimum atomic E-state index is 0.658. The molecule has 3 rings (SSSR count). The van der Waals surface area contributed by atoms with Crippen molar-refractivity contribution < 1.29 is 0 Å². The number of para-hydroxylation sites is 1. The zero-order valence-electron chi connectivity index (χ0n) is 12.3. The van der Waals surface area contributed by atoms with E-state index in [-0.39, 0.29) is 0 Å². The number of hydrogen-bond acceptors (Lipinski definition) is 1. The molecule has 0 bridgehead atoms. The Bertz CT molecular complexity index is 719. The third-order valence-electron chi connectivity index (χ3n) is 3.35. The quantitative estimate of drug-likeness (QED) is 0.543. The molecule has 0 saturated heterocycles. The number of nitrogens with zero attached hydrogens (tertiary/aromatic N) is 1. The fraction of sp³-hybridized carbons (Fsp3) is 0.0500. The molecule has 0 heterocycles. The van der Waals surface area contributed by atoms with Gasteiger partial charge < -0.3 is 5.32 Å². The summed E-state index contributed by atoms with van der Waals surface area (Å²) in [7, 11) is 0. The largest absolute Gasteiger partial charge is 0.340 e. The van der Waals surface area contributed by atoms with E-state index < -0.39 is 0 Å². The number of hydrogen-bond donors (Lipinski definition) is 1. The number of anilines is 1. The Kier molecular flexibility index (Phi) is 4.63. The summed E-state index contributed by atoms with van der Waals surface area (Å²) in [5, 5.41) is 3.42. The molecular weight excluding hydrogens is 268 g/mol. The third-order valence-corrected chi connectivity index (χ3v) is 3.35. The molecule has 0 atom stereocenters. The highest BCUT2D eigenvalue weighted by Crippen LogP contribution is 2.11. The summed E-state index contributed by atoms with van der Waals surface area (Å²) in [6.07, 6.45) is 0. The number of nitrogens with one attached hydrogen (secondary N) is 1. The van der Waals surface area contributed by atoms with E-state index in [0.717, 1.165) is 17.1 Å². The van der Waals surface area contributed by atoms with E-state index in [1.165, 1.54) is 5.56 Å². The van der Waals surface area contributed by atoms with Gasteiger partial charge >= 0.3 is 0 Å². The van der Waals surface area contributed by atoms with Crippen LogP contribution in [-0.4, -0.2) is 5.84 Å². The second-order valence-electron chi connectivity index (χ2n) is 5.01. The Labute approximate surface area is 131 Å². The number of aliphatic imine (C=N–C) groups is 1. The van der Waals surface area contributed by atoms with Crippen molar-refractivity contribution in [3.05, 3.63) is 102 Å². The van der Waals surface area contributed by atoms with Gasteiger partial charge in [0.05, 0.1) is 6.54 Å². The predicted molar refractivity (Wildman–Crippen MR) is 93.2 cm³/mol. The van der Waals surface area contributed by atoms with Crippen LogP contribution >= 0.6 is 0 Å². The first kappa shape index (κ1) is 14.1. The first-order valence-electron chi connectivity index (χ1n) is 7.38. The zero-order valence-corrected chi connectivity index (χ0v) is 12.3. The van der Waals surface area contributed by atoms with Crippen LogP contribution in [-0.2, 0) is 6.54 Å². The standard InChI is InChI=1S/C20H18N2/c1-4-10-17(11-5-1)16-21-20(18-12-6-2-7-13-18)22-19-14-8-3-9-15-19/h1-15H,16H2,(H,21,22). The second-order valence-corrected chi connectivity index (χ2v) is 5.01. The Morgan fingerprint density at radius 3 is 1.86 bits per heavy atom. The van der Waals surface area contributed by atoms with Crippen molar-refractivity contribution in [2.24, 2.45) is 4.99 Å². The van der Waals surface area contributed by atoms with E-state index in [4.69, 9.17) is 4.99 Å². The van der Waals surface area contributed by atoms with Gasteiger partial charge in [-0.1, -0.05) is 78.9 Å². The summed E-state index contributed by atoms with van der Waals surface area (Å²) in [4.78, 5) is 4.77. The topological polar surface area (TPSA) is 24.4 Å². The van der Waals surface area contributed by atoms with E-state index in [9.17, 15) is 0 Å². The van der Waals surface area contributed by atoms with Crippen molar-refractivity contribution in [1.29, 1.82) is 0 Å².